The van der Waals surface area contributed by atoms with Crippen molar-refractivity contribution >= 4 is 21.5 Å². The summed E-state index contributed by atoms with van der Waals surface area (Å²) in [6, 6.07) is 42.8. The summed E-state index contributed by atoms with van der Waals surface area (Å²) in [6.45, 7) is 4.40. The summed E-state index contributed by atoms with van der Waals surface area (Å²) in [7, 11) is 0. The van der Waals surface area contributed by atoms with Gasteiger partial charge in [-0.15, -0.1) is 68.1 Å². The Morgan fingerprint density at radius 3 is 1.09 bits per heavy atom. The second-order valence-corrected chi connectivity index (χ2v) is 8.27. The summed E-state index contributed by atoms with van der Waals surface area (Å²) < 4.78 is 0. The molecule has 0 fully saturated rings. The van der Waals surface area contributed by atoms with Crippen LogP contribution in [0.1, 0.15) is 11.1 Å². The van der Waals surface area contributed by atoms with Crippen molar-refractivity contribution in [1.29, 1.82) is 0 Å². The van der Waals surface area contributed by atoms with Crippen LogP contribution < -0.4 is 24.8 Å². The van der Waals surface area contributed by atoms with Gasteiger partial charge in [0, 0.05) is 0 Å². The molecule has 0 saturated carbocycles. The summed E-state index contributed by atoms with van der Waals surface area (Å²) in [6.07, 6.45) is 0. The quantitative estimate of drug-likeness (QED) is 0.239. The Morgan fingerprint density at radius 2 is 0.743 bits per heavy atom. The van der Waals surface area contributed by atoms with Gasteiger partial charge in [0.15, 0.2) is 0 Å². The minimum absolute atomic E-state index is 0. The largest absolute Gasteiger partial charge is 4.00 e. The fraction of sp³-hybridized carbons (Fsp3) is 0.0625. The maximum Gasteiger partial charge on any atom is 4.00 e. The minimum Gasteiger partial charge on any atom is -1.00 e. The zero-order chi connectivity index (χ0) is 21.9. The first-order valence-electron chi connectivity index (χ1n) is 11.1. The number of rotatable bonds is 2. The number of fused-ring (bicyclic) bond motifs is 2. The van der Waals surface area contributed by atoms with Gasteiger partial charge in [-0.2, -0.15) is 0 Å². The van der Waals surface area contributed by atoms with Gasteiger partial charge in [0.2, 0.25) is 0 Å². The first-order chi connectivity index (χ1) is 15.7. The average molecular weight is 529 g/mol. The molecule has 0 heterocycles. The molecule has 0 N–H and O–H groups in total. The second kappa shape index (κ2) is 12.9. The van der Waals surface area contributed by atoms with E-state index >= 15 is 0 Å². The van der Waals surface area contributed by atoms with Gasteiger partial charge < -0.3 is 24.8 Å². The van der Waals surface area contributed by atoms with Gasteiger partial charge in [-0.05, 0) is 0 Å². The first-order valence-corrected chi connectivity index (χ1v) is 11.1. The summed E-state index contributed by atoms with van der Waals surface area (Å²) in [5, 5.41) is 5.39. The molecule has 3 heteroatoms. The SMILES string of the molecule is Cc1c(-c2ccccc2)[cH-]c2ccccc12.Cc1c(-c2ccccc2)[cH-]c2ccccc12.[Cl-].[Cl-].[Ti+4]. The van der Waals surface area contributed by atoms with Gasteiger partial charge in [-0.1, -0.05) is 122 Å². The van der Waals surface area contributed by atoms with E-state index in [9.17, 15) is 0 Å². The van der Waals surface area contributed by atoms with Crippen LogP contribution in [0.3, 0.4) is 0 Å². The van der Waals surface area contributed by atoms with Crippen molar-refractivity contribution in [2.75, 3.05) is 0 Å². The molecule has 0 aliphatic rings. The normalized spacial score (nSPS) is 9.89. The maximum atomic E-state index is 2.28. The van der Waals surface area contributed by atoms with E-state index in [4.69, 9.17) is 0 Å². The van der Waals surface area contributed by atoms with Crippen LogP contribution in [0, 0.1) is 13.8 Å². The Labute approximate surface area is 235 Å². The summed E-state index contributed by atoms with van der Waals surface area (Å²) in [4.78, 5) is 0. The van der Waals surface area contributed by atoms with Crippen molar-refractivity contribution in [2.24, 2.45) is 0 Å². The van der Waals surface area contributed by atoms with Gasteiger partial charge in [-0.25, -0.2) is 0 Å². The third kappa shape index (κ3) is 5.97. The molecule has 35 heavy (non-hydrogen) atoms. The van der Waals surface area contributed by atoms with Crippen molar-refractivity contribution in [3.63, 3.8) is 0 Å². The van der Waals surface area contributed by atoms with E-state index in [0.717, 1.165) is 0 Å². The summed E-state index contributed by atoms with van der Waals surface area (Å²) in [5.41, 5.74) is 8.06. The van der Waals surface area contributed by atoms with Gasteiger partial charge in [0.25, 0.3) is 0 Å². The van der Waals surface area contributed by atoms with Crippen LogP contribution in [0.4, 0.5) is 0 Å². The van der Waals surface area contributed by atoms with Crippen LogP contribution in [0.25, 0.3) is 43.8 Å². The predicted molar refractivity (Wildman–Crippen MR) is 139 cm³/mol. The molecule has 0 radical (unpaired) electrons. The third-order valence-corrected chi connectivity index (χ3v) is 6.31. The molecule has 6 aromatic carbocycles. The molecule has 0 aromatic heterocycles. The summed E-state index contributed by atoms with van der Waals surface area (Å²) in [5.74, 6) is 0. The molecule has 0 spiro atoms. The average Bonchev–Trinajstić information content (AvgIpc) is 3.38. The molecule has 0 aliphatic carbocycles. The minimum atomic E-state index is 0. The van der Waals surface area contributed by atoms with E-state index in [-0.39, 0.29) is 46.5 Å². The Morgan fingerprint density at radius 1 is 0.429 bits per heavy atom. The van der Waals surface area contributed by atoms with Crippen LogP contribution in [0.15, 0.2) is 121 Å². The molecule has 6 rings (SSSR count). The number of hydrogen-bond donors (Lipinski definition) is 0. The Balaban J connectivity index is 0.000000227. The number of aryl methyl sites for hydroxylation is 2. The molecule has 0 atom stereocenters. The van der Waals surface area contributed by atoms with Crippen LogP contribution in [-0.4, -0.2) is 0 Å². The van der Waals surface area contributed by atoms with E-state index in [0.29, 0.717) is 0 Å². The molecule has 0 saturated heterocycles. The van der Waals surface area contributed by atoms with E-state index in [1.54, 1.807) is 0 Å². The molecule has 0 bridgehead atoms. The molecule has 0 amide bonds. The van der Waals surface area contributed by atoms with Gasteiger partial charge in [0.05, 0.1) is 0 Å². The first kappa shape index (κ1) is 28.6. The maximum absolute atomic E-state index is 2.28. The van der Waals surface area contributed by atoms with E-state index in [1.165, 1.54) is 54.9 Å². The zero-order valence-corrected chi connectivity index (χ0v) is 22.9. The Hall–Kier alpha value is -2.61. The number of benzene rings is 4. The van der Waals surface area contributed by atoms with Crippen molar-refractivity contribution in [3.05, 3.63) is 132 Å². The monoisotopic (exact) mass is 528 g/mol. The van der Waals surface area contributed by atoms with Crippen molar-refractivity contribution in [1.82, 2.24) is 0 Å². The molecule has 0 unspecified atom stereocenters. The number of halogens is 2. The van der Waals surface area contributed by atoms with E-state index in [2.05, 4.69) is 135 Å². The van der Waals surface area contributed by atoms with Crippen LogP contribution in [-0.2, 0) is 21.7 Å². The van der Waals surface area contributed by atoms with Gasteiger partial charge in [-0.3, -0.25) is 0 Å². The predicted octanol–water partition coefficient (Wildman–Crippen LogP) is 3.07. The molecule has 172 valence electrons. The molecular formula is C32H26Cl2Ti. The molecule has 0 nitrogen and oxygen atoms in total. The van der Waals surface area contributed by atoms with Crippen molar-refractivity contribution < 1.29 is 46.5 Å². The fourth-order valence-corrected chi connectivity index (χ4v) is 4.58. The van der Waals surface area contributed by atoms with Crippen molar-refractivity contribution in [3.8, 4) is 22.3 Å². The molecule has 6 aromatic rings. The second-order valence-electron chi connectivity index (χ2n) is 8.27. The van der Waals surface area contributed by atoms with Gasteiger partial charge >= 0.3 is 21.7 Å². The van der Waals surface area contributed by atoms with Gasteiger partial charge in [0.1, 0.15) is 0 Å². The summed E-state index contributed by atoms with van der Waals surface area (Å²) >= 11 is 0. The smallest absolute Gasteiger partial charge is 1.00 e. The van der Waals surface area contributed by atoms with Crippen molar-refractivity contribution in [2.45, 2.75) is 13.8 Å². The Bertz CT molecular complexity index is 1360. The number of hydrogen-bond acceptors (Lipinski definition) is 0. The van der Waals surface area contributed by atoms with E-state index in [1.807, 2.05) is 0 Å². The molecular weight excluding hydrogens is 503 g/mol. The zero-order valence-electron chi connectivity index (χ0n) is 19.8. The third-order valence-electron chi connectivity index (χ3n) is 6.31. The van der Waals surface area contributed by atoms with Crippen LogP contribution >= 0.6 is 0 Å². The van der Waals surface area contributed by atoms with E-state index < -0.39 is 0 Å². The molecule has 0 aliphatic heterocycles. The topological polar surface area (TPSA) is 0 Å². The Kier molecular flexibility index (Phi) is 10.6. The fourth-order valence-electron chi connectivity index (χ4n) is 4.58. The van der Waals surface area contributed by atoms with Crippen LogP contribution in [0.5, 0.6) is 0 Å². The standard InChI is InChI=1S/2C16H13.2ClH.Ti/c2*1-12-15-10-6-5-9-14(15)11-16(12)13-7-3-2-4-8-13;;;/h2*2-11H,1H3;2*1H;/q2*-1;;;+4/p-2. The van der Waals surface area contributed by atoms with Crippen LogP contribution in [0.2, 0.25) is 0 Å².